The van der Waals surface area contributed by atoms with Crippen LogP contribution in [0.1, 0.15) is 18.9 Å². The fourth-order valence-electron chi connectivity index (χ4n) is 3.03. The minimum atomic E-state index is -0.480. The van der Waals surface area contributed by atoms with Gasteiger partial charge < -0.3 is 19.5 Å². The van der Waals surface area contributed by atoms with Crippen molar-refractivity contribution in [3.8, 4) is 22.8 Å². The van der Waals surface area contributed by atoms with Crippen molar-refractivity contribution in [1.29, 1.82) is 0 Å². The molecular formula is C19H21ClN2O4. The first-order valence-corrected chi connectivity index (χ1v) is 8.83. The summed E-state index contributed by atoms with van der Waals surface area (Å²) in [7, 11) is 1.53. The van der Waals surface area contributed by atoms with Gasteiger partial charge in [0.15, 0.2) is 11.5 Å². The molecule has 3 rings (SSSR count). The quantitative estimate of drug-likeness (QED) is 0.886. The van der Waals surface area contributed by atoms with E-state index in [1.807, 2.05) is 13.0 Å². The molecule has 1 amide bonds. The maximum atomic E-state index is 12.7. The molecule has 0 saturated carbocycles. The first kappa shape index (κ1) is 18.5. The summed E-state index contributed by atoms with van der Waals surface area (Å²) < 4.78 is 11.0. The molecule has 7 heteroatoms. The second-order valence-electron chi connectivity index (χ2n) is 6.09. The van der Waals surface area contributed by atoms with Gasteiger partial charge in [-0.25, -0.2) is 0 Å². The normalized spacial score (nSPS) is 15.0. The number of hydrogen-bond acceptors (Lipinski definition) is 5. The number of hydrogen-bond donors (Lipinski definition) is 1. The third-order valence-electron chi connectivity index (χ3n) is 4.38. The minimum Gasteiger partial charge on any atom is -0.504 e. The minimum absolute atomic E-state index is 0.0299. The topological polar surface area (TPSA) is 71.9 Å². The zero-order valence-electron chi connectivity index (χ0n) is 14.7. The fourth-order valence-corrected chi connectivity index (χ4v) is 3.14. The number of carbonyl (C=O) groups excluding carboxylic acids is 1. The molecule has 0 fully saturated rings. The molecule has 0 unspecified atom stereocenters. The summed E-state index contributed by atoms with van der Waals surface area (Å²) in [6.07, 6.45) is 1.67. The lowest BCUT2D eigenvalue weighted by Gasteiger charge is -2.24. The zero-order valence-corrected chi connectivity index (χ0v) is 15.5. The second-order valence-corrected chi connectivity index (χ2v) is 6.52. The van der Waals surface area contributed by atoms with Crippen LogP contribution in [-0.2, 0) is 16.1 Å². The molecule has 2 heterocycles. The van der Waals surface area contributed by atoms with Crippen LogP contribution >= 0.6 is 11.6 Å². The number of pyridine rings is 1. The van der Waals surface area contributed by atoms with Gasteiger partial charge in [-0.15, -0.1) is 0 Å². The lowest BCUT2D eigenvalue weighted by atomic mass is 10.0. The number of methoxy groups -OCH3 is 1. The molecule has 6 nitrogen and oxygen atoms in total. The zero-order chi connectivity index (χ0) is 18.7. The van der Waals surface area contributed by atoms with Crippen LogP contribution in [0.15, 0.2) is 30.5 Å². The molecule has 1 N–H and O–H groups in total. The van der Waals surface area contributed by atoms with E-state index in [1.54, 1.807) is 29.3 Å². The van der Waals surface area contributed by atoms with Crippen LogP contribution in [0.2, 0.25) is 5.02 Å². The predicted octanol–water partition coefficient (Wildman–Crippen LogP) is 3.25. The van der Waals surface area contributed by atoms with E-state index in [9.17, 15) is 9.90 Å². The number of fused-ring (bicyclic) bond motifs is 1. The number of nitrogens with zero attached hydrogens (tertiary/aromatic N) is 2. The summed E-state index contributed by atoms with van der Waals surface area (Å²) in [5, 5.41) is 10.9. The molecule has 1 aliphatic heterocycles. The van der Waals surface area contributed by atoms with Gasteiger partial charge >= 0.3 is 0 Å². The molecule has 0 radical (unpaired) electrons. The number of phenolic OH excluding ortho intramolecular Hbond substituents is 1. The SMILES string of the molecule is CC[C@H](OC)C(=O)N1CCOc2c(O)cc(-c3ccc(Cl)cn3)cc2C1. The van der Waals surface area contributed by atoms with Crippen molar-refractivity contribution < 1.29 is 19.4 Å². The van der Waals surface area contributed by atoms with Gasteiger partial charge in [-0.05, 0) is 30.7 Å². The van der Waals surface area contributed by atoms with E-state index < -0.39 is 6.10 Å². The Morgan fingerprint density at radius 1 is 1.46 bits per heavy atom. The Bertz CT molecular complexity index is 791. The lowest BCUT2D eigenvalue weighted by molar-refractivity contribution is -0.142. The van der Waals surface area contributed by atoms with Gasteiger partial charge in [0.05, 0.1) is 17.3 Å². The summed E-state index contributed by atoms with van der Waals surface area (Å²) in [4.78, 5) is 18.6. The maximum absolute atomic E-state index is 12.7. The van der Waals surface area contributed by atoms with Crippen molar-refractivity contribution in [1.82, 2.24) is 9.88 Å². The van der Waals surface area contributed by atoms with Crippen LogP contribution in [0.3, 0.4) is 0 Å². The van der Waals surface area contributed by atoms with Crippen LogP contribution in [0.5, 0.6) is 11.5 Å². The molecule has 1 aliphatic rings. The second kappa shape index (κ2) is 7.93. The standard InChI is InChI=1S/C19H21ClN2O4/c1-3-17(25-2)19(24)22-6-7-26-18-13(11-22)8-12(9-16(18)23)15-5-4-14(20)10-21-15/h4-5,8-10,17,23H,3,6-7,11H2,1-2H3/t17-/m0/s1. The predicted molar refractivity (Wildman–Crippen MR) is 98.3 cm³/mol. The van der Waals surface area contributed by atoms with Gasteiger partial charge in [0.1, 0.15) is 12.7 Å². The number of benzene rings is 1. The Morgan fingerprint density at radius 2 is 2.27 bits per heavy atom. The van der Waals surface area contributed by atoms with E-state index in [1.165, 1.54) is 7.11 Å². The number of halogens is 1. The van der Waals surface area contributed by atoms with E-state index in [0.717, 1.165) is 11.1 Å². The number of phenols is 1. The van der Waals surface area contributed by atoms with Gasteiger partial charge in [0, 0.05) is 31.0 Å². The van der Waals surface area contributed by atoms with E-state index in [0.29, 0.717) is 42.6 Å². The Balaban J connectivity index is 1.94. The van der Waals surface area contributed by atoms with Gasteiger partial charge in [0.25, 0.3) is 5.91 Å². The summed E-state index contributed by atoms with van der Waals surface area (Å²) in [6.45, 7) is 2.99. The van der Waals surface area contributed by atoms with E-state index >= 15 is 0 Å². The molecular weight excluding hydrogens is 356 g/mol. The number of carbonyl (C=O) groups is 1. The van der Waals surface area contributed by atoms with Crippen molar-refractivity contribution in [2.45, 2.75) is 26.0 Å². The molecule has 0 aliphatic carbocycles. The molecule has 1 aromatic carbocycles. The highest BCUT2D eigenvalue weighted by Gasteiger charge is 2.27. The van der Waals surface area contributed by atoms with Gasteiger partial charge in [-0.2, -0.15) is 0 Å². The fraction of sp³-hybridized carbons (Fsp3) is 0.368. The number of aromatic hydroxyl groups is 1. The van der Waals surface area contributed by atoms with Crippen molar-refractivity contribution in [2.75, 3.05) is 20.3 Å². The highest BCUT2D eigenvalue weighted by atomic mass is 35.5. The van der Waals surface area contributed by atoms with Crippen molar-refractivity contribution in [3.63, 3.8) is 0 Å². The average Bonchev–Trinajstić information content (AvgIpc) is 2.86. The van der Waals surface area contributed by atoms with Crippen LogP contribution in [0.25, 0.3) is 11.3 Å². The van der Waals surface area contributed by atoms with Gasteiger partial charge in [-0.1, -0.05) is 18.5 Å². The molecule has 2 aromatic rings. The average molecular weight is 377 g/mol. The Hall–Kier alpha value is -2.31. The van der Waals surface area contributed by atoms with E-state index in [2.05, 4.69) is 4.98 Å². The first-order chi connectivity index (χ1) is 12.5. The molecule has 1 aromatic heterocycles. The summed E-state index contributed by atoms with van der Waals surface area (Å²) in [5.74, 6) is 0.353. The van der Waals surface area contributed by atoms with Crippen LogP contribution < -0.4 is 4.74 Å². The summed E-state index contributed by atoms with van der Waals surface area (Å²) in [6, 6.07) is 7.01. The third-order valence-corrected chi connectivity index (χ3v) is 4.60. The number of ether oxygens (including phenoxy) is 2. The summed E-state index contributed by atoms with van der Waals surface area (Å²) >= 11 is 5.89. The van der Waals surface area contributed by atoms with Crippen LogP contribution in [0, 0.1) is 0 Å². The highest BCUT2D eigenvalue weighted by Crippen LogP contribution is 2.37. The maximum Gasteiger partial charge on any atom is 0.252 e. The van der Waals surface area contributed by atoms with E-state index in [-0.39, 0.29) is 11.7 Å². The number of rotatable bonds is 4. The largest absolute Gasteiger partial charge is 0.504 e. The Morgan fingerprint density at radius 3 is 2.92 bits per heavy atom. The van der Waals surface area contributed by atoms with Gasteiger partial charge in [0.2, 0.25) is 0 Å². The van der Waals surface area contributed by atoms with Gasteiger partial charge in [-0.3, -0.25) is 9.78 Å². The van der Waals surface area contributed by atoms with Crippen molar-refractivity contribution in [3.05, 3.63) is 41.0 Å². The molecule has 0 spiro atoms. The molecule has 26 heavy (non-hydrogen) atoms. The summed E-state index contributed by atoms with van der Waals surface area (Å²) in [5.41, 5.74) is 2.14. The monoisotopic (exact) mass is 376 g/mol. The molecule has 138 valence electrons. The Kier molecular flexibility index (Phi) is 5.64. The molecule has 0 bridgehead atoms. The number of aromatic nitrogens is 1. The number of amides is 1. The van der Waals surface area contributed by atoms with Crippen molar-refractivity contribution in [2.24, 2.45) is 0 Å². The molecule has 0 saturated heterocycles. The van der Waals surface area contributed by atoms with Crippen LogP contribution in [-0.4, -0.2) is 47.3 Å². The van der Waals surface area contributed by atoms with Crippen LogP contribution in [0.4, 0.5) is 0 Å². The smallest absolute Gasteiger partial charge is 0.252 e. The molecule has 1 atom stereocenters. The first-order valence-electron chi connectivity index (χ1n) is 8.45. The highest BCUT2D eigenvalue weighted by molar-refractivity contribution is 6.30. The third kappa shape index (κ3) is 3.76. The van der Waals surface area contributed by atoms with E-state index in [4.69, 9.17) is 21.1 Å². The lowest BCUT2D eigenvalue weighted by Crippen LogP contribution is -2.40. The van der Waals surface area contributed by atoms with Crippen molar-refractivity contribution >= 4 is 17.5 Å². The Labute approximate surface area is 157 Å².